The highest BCUT2D eigenvalue weighted by atomic mass is 127. The van der Waals surface area contributed by atoms with Crippen molar-refractivity contribution in [2.45, 2.75) is 0 Å². The van der Waals surface area contributed by atoms with E-state index in [-0.39, 0.29) is 15.4 Å². The van der Waals surface area contributed by atoms with Crippen molar-refractivity contribution in [2.24, 2.45) is 0 Å². The van der Waals surface area contributed by atoms with E-state index < -0.39 is 11.8 Å². The number of carbonyl (C=O) groups excluding carboxylic acids is 1. The Balaban J connectivity index is 3.01. The zero-order valence-corrected chi connectivity index (χ0v) is 9.67. The van der Waals surface area contributed by atoms with Crippen LogP contribution in [0.1, 0.15) is 10.4 Å². The predicted octanol–water partition coefficient (Wildman–Crippen LogP) is 1.71. The number of esters is 1. The summed E-state index contributed by atoms with van der Waals surface area (Å²) in [7, 11) is 3.00. The first-order valence-electron chi connectivity index (χ1n) is 3.42. The van der Waals surface area contributed by atoms with Crippen LogP contribution in [0.3, 0.4) is 0 Å². The monoisotopic (exact) mass is 307 g/mol. The quantitative estimate of drug-likeness (QED) is 0.472. The minimum absolute atomic E-state index is 0.103. The van der Waals surface area contributed by atoms with Crippen LogP contribution in [-0.4, -0.2) is 22.4 Å². The number of ether oxygens (including phenoxy) is 1. The first-order chi connectivity index (χ1) is 6.16. The summed E-state index contributed by atoms with van der Waals surface area (Å²) in [5.74, 6) is -0.942. The highest BCUT2D eigenvalue weighted by Gasteiger charge is 2.12. The van der Waals surface area contributed by atoms with E-state index >= 15 is 0 Å². The molecule has 1 rings (SSSR count). The Morgan fingerprint density at radius 2 is 2.31 bits per heavy atom. The number of hydrogen-bond acceptors (Lipinski definition) is 2. The van der Waals surface area contributed by atoms with E-state index in [0.29, 0.717) is 0 Å². The molecule has 0 saturated heterocycles. The van der Waals surface area contributed by atoms with E-state index in [4.69, 9.17) is 0 Å². The van der Waals surface area contributed by atoms with Crippen LogP contribution in [-0.2, 0) is 4.74 Å². The van der Waals surface area contributed by atoms with Gasteiger partial charge in [0.25, 0.3) is 0 Å². The van der Waals surface area contributed by atoms with Gasteiger partial charge in [0, 0.05) is 0 Å². The lowest BCUT2D eigenvalue weighted by atomic mass is 10.2. The standard InChI is InChI=1S/C8H5FIO2Si/c9-6-3-1-2-5(7(6)10)8(11)12-4-13/h1-3H,4H2. The molecule has 0 N–H and O–H groups in total. The van der Waals surface area contributed by atoms with Crippen LogP contribution < -0.4 is 0 Å². The van der Waals surface area contributed by atoms with Crippen LogP contribution >= 0.6 is 22.6 Å². The molecule has 0 heterocycles. The van der Waals surface area contributed by atoms with Gasteiger partial charge >= 0.3 is 5.97 Å². The molecule has 13 heavy (non-hydrogen) atoms. The summed E-state index contributed by atoms with van der Waals surface area (Å²) >= 11 is 1.77. The Bertz CT molecular complexity index is 330. The fourth-order valence-electron chi connectivity index (χ4n) is 0.805. The van der Waals surface area contributed by atoms with Gasteiger partial charge in [-0.2, -0.15) is 0 Å². The Hall–Kier alpha value is -0.433. The molecule has 0 aliphatic heterocycles. The maximum atomic E-state index is 13.0. The molecule has 0 amide bonds. The number of carbonyl (C=O) groups is 1. The molecule has 1 aromatic rings. The van der Waals surface area contributed by atoms with Crippen molar-refractivity contribution in [3.63, 3.8) is 0 Å². The summed E-state index contributed by atoms with van der Waals surface area (Å²) in [6.07, 6.45) is 0.103. The molecule has 2 nitrogen and oxygen atoms in total. The minimum Gasteiger partial charge on any atom is -0.467 e. The molecule has 0 aliphatic carbocycles. The molecule has 0 unspecified atom stereocenters. The summed E-state index contributed by atoms with van der Waals surface area (Å²) in [6.45, 7) is 0. The molecule has 0 fully saturated rings. The molecule has 1 aromatic carbocycles. The van der Waals surface area contributed by atoms with Crippen LogP contribution in [0.4, 0.5) is 4.39 Å². The Morgan fingerprint density at radius 3 is 2.92 bits per heavy atom. The van der Waals surface area contributed by atoms with E-state index in [0.717, 1.165) is 0 Å². The van der Waals surface area contributed by atoms with Gasteiger partial charge in [0.05, 0.1) is 25.6 Å². The van der Waals surface area contributed by atoms with Gasteiger partial charge in [-0.15, -0.1) is 0 Å². The van der Waals surface area contributed by atoms with Crippen molar-refractivity contribution in [2.75, 3.05) is 6.23 Å². The third kappa shape index (κ3) is 2.50. The Morgan fingerprint density at radius 1 is 1.62 bits per heavy atom. The second-order valence-corrected chi connectivity index (χ2v) is 3.54. The second kappa shape index (κ2) is 4.71. The molecule has 0 aliphatic rings. The summed E-state index contributed by atoms with van der Waals surface area (Å²) < 4.78 is 17.9. The zero-order chi connectivity index (χ0) is 9.84. The maximum absolute atomic E-state index is 13.0. The number of benzene rings is 1. The van der Waals surface area contributed by atoms with Crippen molar-refractivity contribution in [1.29, 1.82) is 0 Å². The average Bonchev–Trinajstić information content (AvgIpc) is 2.10. The number of halogens is 2. The predicted molar refractivity (Wildman–Crippen MR) is 55.2 cm³/mol. The smallest absolute Gasteiger partial charge is 0.338 e. The van der Waals surface area contributed by atoms with Crippen LogP contribution in [0.2, 0.25) is 0 Å². The molecule has 0 atom stereocenters. The van der Waals surface area contributed by atoms with Crippen molar-refractivity contribution >= 4 is 38.8 Å². The molecule has 67 valence electrons. The fourth-order valence-corrected chi connectivity index (χ4v) is 1.52. The van der Waals surface area contributed by atoms with Crippen LogP contribution in [0.15, 0.2) is 18.2 Å². The number of rotatable bonds is 2. The van der Waals surface area contributed by atoms with Gasteiger partial charge in [-0.05, 0) is 34.7 Å². The normalized spacial score (nSPS) is 9.77. The molecule has 0 aromatic heterocycles. The molecule has 0 saturated carbocycles. The summed E-state index contributed by atoms with van der Waals surface area (Å²) in [5.41, 5.74) is 0.249. The van der Waals surface area contributed by atoms with E-state index in [2.05, 4.69) is 15.0 Å². The van der Waals surface area contributed by atoms with E-state index in [1.165, 1.54) is 18.2 Å². The molecular formula is C8H5FIO2Si. The van der Waals surface area contributed by atoms with Gasteiger partial charge in [-0.1, -0.05) is 6.07 Å². The Labute approximate surface area is 92.0 Å². The third-order valence-electron chi connectivity index (χ3n) is 1.37. The van der Waals surface area contributed by atoms with Gasteiger partial charge in [0.15, 0.2) is 0 Å². The van der Waals surface area contributed by atoms with Crippen LogP contribution in [0, 0.1) is 9.39 Å². The van der Waals surface area contributed by atoms with Crippen LogP contribution in [0.5, 0.6) is 0 Å². The molecular weight excluding hydrogens is 302 g/mol. The lowest BCUT2D eigenvalue weighted by molar-refractivity contribution is 0.0571. The summed E-state index contributed by atoms with van der Waals surface area (Å²) in [5, 5.41) is 0. The van der Waals surface area contributed by atoms with E-state index in [9.17, 15) is 9.18 Å². The first-order valence-corrected chi connectivity index (χ1v) is 5.21. The van der Waals surface area contributed by atoms with Crippen molar-refractivity contribution in [3.8, 4) is 0 Å². The highest BCUT2D eigenvalue weighted by Crippen LogP contribution is 2.16. The third-order valence-corrected chi connectivity index (χ3v) is 2.62. The van der Waals surface area contributed by atoms with Crippen molar-refractivity contribution in [3.05, 3.63) is 33.1 Å². The topological polar surface area (TPSA) is 26.3 Å². The average molecular weight is 307 g/mol. The van der Waals surface area contributed by atoms with E-state index in [1.54, 1.807) is 22.6 Å². The van der Waals surface area contributed by atoms with Crippen LogP contribution in [0.25, 0.3) is 0 Å². The summed E-state index contributed by atoms with van der Waals surface area (Å²) in [6, 6.07) is 4.29. The van der Waals surface area contributed by atoms with Crippen molar-refractivity contribution < 1.29 is 13.9 Å². The van der Waals surface area contributed by atoms with Gasteiger partial charge in [0.1, 0.15) is 5.82 Å². The molecule has 0 spiro atoms. The van der Waals surface area contributed by atoms with Gasteiger partial charge in [-0.25, -0.2) is 9.18 Å². The Kier molecular flexibility index (Phi) is 3.85. The molecule has 0 bridgehead atoms. The lowest BCUT2D eigenvalue weighted by Gasteiger charge is -2.03. The second-order valence-electron chi connectivity index (χ2n) is 2.18. The first kappa shape index (κ1) is 10.6. The van der Waals surface area contributed by atoms with Gasteiger partial charge in [-0.3, -0.25) is 0 Å². The van der Waals surface area contributed by atoms with E-state index in [1.807, 2.05) is 0 Å². The van der Waals surface area contributed by atoms with Gasteiger partial charge < -0.3 is 4.74 Å². The van der Waals surface area contributed by atoms with Gasteiger partial charge in [0.2, 0.25) is 0 Å². The summed E-state index contributed by atoms with van der Waals surface area (Å²) in [4.78, 5) is 11.2. The largest absolute Gasteiger partial charge is 0.467 e. The number of hydrogen-bond donors (Lipinski definition) is 0. The molecule has 5 heteroatoms. The molecule has 3 radical (unpaired) electrons. The minimum atomic E-state index is -0.529. The SMILES string of the molecule is O=C(OC[Si])c1cccc(F)c1I. The lowest BCUT2D eigenvalue weighted by Crippen LogP contribution is -2.08. The van der Waals surface area contributed by atoms with Crippen molar-refractivity contribution in [1.82, 2.24) is 0 Å². The zero-order valence-electron chi connectivity index (χ0n) is 6.51. The highest BCUT2D eigenvalue weighted by molar-refractivity contribution is 14.1. The fraction of sp³-hybridized carbons (Fsp3) is 0.125. The maximum Gasteiger partial charge on any atom is 0.338 e.